The Morgan fingerprint density at radius 1 is 1.12 bits per heavy atom. The first-order chi connectivity index (χ1) is 15.7. The number of methoxy groups -OCH3 is 1. The van der Waals surface area contributed by atoms with E-state index in [1.165, 1.54) is 11.8 Å². The quantitative estimate of drug-likeness (QED) is 0.507. The molecule has 1 amide bonds. The largest absolute Gasteiger partial charge is 0.497 e. The second-order valence-electron chi connectivity index (χ2n) is 7.45. The molecule has 5 nitrogen and oxygen atoms in total. The van der Waals surface area contributed by atoms with Gasteiger partial charge in [0.05, 0.1) is 36.2 Å². The highest BCUT2D eigenvalue weighted by Crippen LogP contribution is 2.34. The summed E-state index contributed by atoms with van der Waals surface area (Å²) in [6.07, 6.45) is 0.664. The lowest BCUT2D eigenvalue weighted by Gasteiger charge is -2.22. The number of benzene rings is 3. The lowest BCUT2D eigenvalue weighted by molar-refractivity contribution is -0.130. The molecule has 0 fully saturated rings. The summed E-state index contributed by atoms with van der Waals surface area (Å²) in [6.45, 7) is 0. The number of carbonyl (C=O) groups excluding carboxylic acids is 1. The highest BCUT2D eigenvalue weighted by atomic mass is 32.2. The molecule has 32 heavy (non-hydrogen) atoms. The van der Waals surface area contributed by atoms with Gasteiger partial charge in [-0.15, -0.1) is 11.8 Å². The van der Waals surface area contributed by atoms with Crippen LogP contribution >= 0.6 is 11.8 Å². The summed E-state index contributed by atoms with van der Waals surface area (Å²) in [4.78, 5) is 13.2. The Bertz CT molecular complexity index is 1150. The van der Waals surface area contributed by atoms with E-state index in [4.69, 9.17) is 15.1 Å². The van der Waals surface area contributed by atoms with Gasteiger partial charge in [0.25, 0.3) is 5.91 Å². The zero-order chi connectivity index (χ0) is 22.3. The Balaban J connectivity index is 1.50. The van der Waals surface area contributed by atoms with Gasteiger partial charge in [0, 0.05) is 12.2 Å². The molecule has 0 saturated heterocycles. The molecular formula is C26H23N3O2S. The third-order valence-corrected chi connectivity index (χ3v) is 6.31. The monoisotopic (exact) mass is 441 g/mol. The van der Waals surface area contributed by atoms with Gasteiger partial charge in [-0.05, 0) is 41.0 Å². The molecule has 0 N–H and O–H groups in total. The fourth-order valence-corrected chi connectivity index (χ4v) is 4.51. The number of carbonyl (C=O) groups is 1. The van der Waals surface area contributed by atoms with E-state index in [0.717, 1.165) is 28.2 Å². The third kappa shape index (κ3) is 5.01. The molecular weight excluding hydrogens is 418 g/mol. The van der Waals surface area contributed by atoms with Crippen molar-refractivity contribution in [1.29, 1.82) is 5.26 Å². The maximum atomic E-state index is 13.2. The molecule has 0 aliphatic carbocycles. The maximum absolute atomic E-state index is 13.2. The summed E-state index contributed by atoms with van der Waals surface area (Å²) in [7, 11) is 1.64. The second kappa shape index (κ2) is 10.2. The van der Waals surface area contributed by atoms with Crippen LogP contribution in [-0.4, -0.2) is 29.5 Å². The summed E-state index contributed by atoms with van der Waals surface area (Å²) in [5.74, 6) is 1.73. The van der Waals surface area contributed by atoms with Crippen LogP contribution in [0.2, 0.25) is 0 Å². The van der Waals surface area contributed by atoms with Gasteiger partial charge in [-0.2, -0.15) is 10.4 Å². The fourth-order valence-electron chi connectivity index (χ4n) is 3.68. The van der Waals surface area contributed by atoms with Crippen molar-refractivity contribution < 1.29 is 9.53 Å². The van der Waals surface area contributed by atoms with Crippen LogP contribution in [0.4, 0.5) is 0 Å². The summed E-state index contributed by atoms with van der Waals surface area (Å²) in [5.41, 5.74) is 4.63. The van der Waals surface area contributed by atoms with Crippen molar-refractivity contribution >= 4 is 23.4 Å². The van der Waals surface area contributed by atoms with E-state index >= 15 is 0 Å². The minimum atomic E-state index is -0.147. The van der Waals surface area contributed by atoms with Crippen molar-refractivity contribution in [3.63, 3.8) is 0 Å². The molecule has 6 heteroatoms. The first-order valence-electron chi connectivity index (χ1n) is 10.3. The van der Waals surface area contributed by atoms with Crippen LogP contribution in [0.25, 0.3) is 0 Å². The standard InChI is InChI=1S/C26H23N3O2S/c1-31-23-12-10-22(11-13-23)25-15-24(21-8-3-2-4-9-21)28-29(25)26(30)18-32-17-20-7-5-6-19(14-20)16-27/h2-14,25H,15,17-18H2,1H3/t25-/m1/s1. The van der Waals surface area contributed by atoms with E-state index in [1.54, 1.807) is 18.2 Å². The number of rotatable bonds is 7. The zero-order valence-electron chi connectivity index (χ0n) is 17.8. The Kier molecular flexibility index (Phi) is 6.88. The number of hydrazone groups is 1. The highest BCUT2D eigenvalue weighted by molar-refractivity contribution is 7.99. The van der Waals surface area contributed by atoms with Crippen molar-refractivity contribution in [3.05, 3.63) is 101 Å². The van der Waals surface area contributed by atoms with E-state index in [2.05, 4.69) is 6.07 Å². The minimum Gasteiger partial charge on any atom is -0.497 e. The molecule has 160 valence electrons. The lowest BCUT2D eigenvalue weighted by Crippen LogP contribution is -2.28. The zero-order valence-corrected chi connectivity index (χ0v) is 18.6. The average Bonchev–Trinajstić information content (AvgIpc) is 3.30. The van der Waals surface area contributed by atoms with E-state index < -0.39 is 0 Å². The van der Waals surface area contributed by atoms with E-state index in [-0.39, 0.29) is 11.9 Å². The number of nitrogens with zero attached hydrogens (tertiary/aromatic N) is 3. The molecule has 4 rings (SSSR count). The third-order valence-electron chi connectivity index (χ3n) is 5.32. The number of thioether (sulfide) groups is 1. The van der Waals surface area contributed by atoms with Crippen molar-refractivity contribution in [2.24, 2.45) is 5.10 Å². The van der Waals surface area contributed by atoms with Crippen LogP contribution in [-0.2, 0) is 10.5 Å². The van der Waals surface area contributed by atoms with Crippen LogP contribution in [0, 0.1) is 11.3 Å². The minimum absolute atomic E-state index is 0.0295. The molecule has 3 aromatic carbocycles. The van der Waals surface area contributed by atoms with Gasteiger partial charge in [-0.3, -0.25) is 4.79 Å². The Hall–Kier alpha value is -3.56. The van der Waals surface area contributed by atoms with Gasteiger partial charge in [0.2, 0.25) is 0 Å². The number of hydrogen-bond acceptors (Lipinski definition) is 5. The maximum Gasteiger partial charge on any atom is 0.253 e. The Labute approximate surface area is 192 Å². The predicted octanol–water partition coefficient (Wildman–Crippen LogP) is 5.18. The molecule has 1 aliphatic heterocycles. The second-order valence-corrected chi connectivity index (χ2v) is 8.43. The summed E-state index contributed by atoms with van der Waals surface area (Å²) in [6, 6.07) is 27.3. The van der Waals surface area contributed by atoms with E-state index in [0.29, 0.717) is 23.5 Å². The molecule has 1 heterocycles. The van der Waals surface area contributed by atoms with E-state index in [1.807, 2.05) is 72.8 Å². The number of ether oxygens (including phenoxy) is 1. The predicted molar refractivity (Wildman–Crippen MR) is 127 cm³/mol. The van der Waals surface area contributed by atoms with Crippen molar-refractivity contribution in [2.45, 2.75) is 18.2 Å². The van der Waals surface area contributed by atoms with E-state index in [9.17, 15) is 4.79 Å². The summed E-state index contributed by atoms with van der Waals surface area (Å²) >= 11 is 1.53. The Morgan fingerprint density at radius 2 is 1.91 bits per heavy atom. The normalized spacial score (nSPS) is 15.2. The van der Waals surface area contributed by atoms with Crippen LogP contribution in [0.3, 0.4) is 0 Å². The molecule has 0 bridgehead atoms. The van der Waals surface area contributed by atoms with Crippen LogP contribution in [0.1, 0.15) is 34.7 Å². The lowest BCUT2D eigenvalue weighted by atomic mass is 9.98. The van der Waals surface area contributed by atoms with Crippen molar-refractivity contribution in [1.82, 2.24) is 5.01 Å². The molecule has 0 radical (unpaired) electrons. The van der Waals surface area contributed by atoms with Gasteiger partial charge >= 0.3 is 0 Å². The molecule has 0 aromatic heterocycles. The summed E-state index contributed by atoms with van der Waals surface area (Å²) < 4.78 is 5.28. The van der Waals surface area contributed by atoms with Gasteiger partial charge in [-0.1, -0.05) is 54.6 Å². The summed E-state index contributed by atoms with van der Waals surface area (Å²) in [5, 5.41) is 15.4. The van der Waals surface area contributed by atoms with Gasteiger partial charge < -0.3 is 4.74 Å². The van der Waals surface area contributed by atoms with Crippen LogP contribution < -0.4 is 4.74 Å². The SMILES string of the molecule is COc1ccc([C@H]2CC(c3ccccc3)=NN2C(=O)CSCc2cccc(C#N)c2)cc1. The molecule has 1 atom stereocenters. The molecule has 0 spiro atoms. The first kappa shape index (κ1) is 21.7. The molecule has 0 saturated carbocycles. The number of hydrogen-bond donors (Lipinski definition) is 0. The van der Waals surface area contributed by atoms with Crippen molar-refractivity contribution in [2.75, 3.05) is 12.9 Å². The average molecular weight is 442 g/mol. The van der Waals surface area contributed by atoms with Crippen LogP contribution in [0.5, 0.6) is 5.75 Å². The van der Waals surface area contributed by atoms with Gasteiger partial charge in [-0.25, -0.2) is 5.01 Å². The topological polar surface area (TPSA) is 65.7 Å². The number of nitriles is 1. The highest BCUT2D eigenvalue weighted by Gasteiger charge is 2.32. The molecule has 3 aromatic rings. The fraction of sp³-hybridized carbons (Fsp3) is 0.192. The molecule has 0 unspecified atom stereocenters. The first-order valence-corrected chi connectivity index (χ1v) is 11.5. The molecule has 1 aliphatic rings. The van der Waals surface area contributed by atoms with Crippen LogP contribution in [0.15, 0.2) is 84.0 Å². The Morgan fingerprint density at radius 3 is 2.62 bits per heavy atom. The van der Waals surface area contributed by atoms with Gasteiger partial charge in [0.15, 0.2) is 0 Å². The van der Waals surface area contributed by atoms with Crippen molar-refractivity contribution in [3.8, 4) is 11.8 Å². The smallest absolute Gasteiger partial charge is 0.253 e. The number of amides is 1. The van der Waals surface area contributed by atoms with Gasteiger partial charge in [0.1, 0.15) is 5.75 Å².